The molecule has 176 valence electrons. The van der Waals surface area contributed by atoms with Crippen molar-refractivity contribution in [3.63, 3.8) is 0 Å². The minimum atomic E-state index is -5.73. The highest BCUT2D eigenvalue weighted by molar-refractivity contribution is 7.87. The Hall–Kier alpha value is -1.36. The summed E-state index contributed by atoms with van der Waals surface area (Å²) in [7, 11) is -5.73. The quantitative estimate of drug-likeness (QED) is 0.440. The van der Waals surface area contributed by atoms with E-state index in [-0.39, 0.29) is 11.7 Å². The maximum Gasteiger partial charge on any atom is 0.534 e. The Balaban J connectivity index is 1.35. The molecular formula is C22H25F3O6S. The summed E-state index contributed by atoms with van der Waals surface area (Å²) >= 11 is 0. The molecule has 2 saturated heterocycles. The van der Waals surface area contributed by atoms with Crippen LogP contribution in [0.4, 0.5) is 13.2 Å². The molecule has 4 atom stereocenters. The second-order valence-corrected chi connectivity index (χ2v) is 11.6. The van der Waals surface area contributed by atoms with Gasteiger partial charge in [0, 0.05) is 24.2 Å². The average Bonchev–Trinajstić information content (AvgIpc) is 3.37. The molecule has 0 N–H and O–H groups in total. The first kappa shape index (κ1) is 21.2. The van der Waals surface area contributed by atoms with Gasteiger partial charge in [0.05, 0.1) is 24.4 Å². The molecule has 3 aliphatic heterocycles. The van der Waals surface area contributed by atoms with Gasteiger partial charge >= 0.3 is 15.6 Å². The van der Waals surface area contributed by atoms with E-state index in [1.54, 1.807) is 6.92 Å². The Morgan fingerprint density at radius 3 is 2.59 bits per heavy atom. The largest absolute Gasteiger partial charge is 0.534 e. The fourth-order valence-corrected chi connectivity index (χ4v) is 7.56. The van der Waals surface area contributed by atoms with Gasteiger partial charge in [0.25, 0.3) is 0 Å². The summed E-state index contributed by atoms with van der Waals surface area (Å²) in [6.07, 6.45) is 10.2. The van der Waals surface area contributed by atoms with E-state index in [9.17, 15) is 21.6 Å². The first-order valence-electron chi connectivity index (χ1n) is 11.1. The Morgan fingerprint density at radius 2 is 1.88 bits per heavy atom. The summed E-state index contributed by atoms with van der Waals surface area (Å²) in [5, 5.41) is 0. The first-order chi connectivity index (χ1) is 14.9. The predicted molar refractivity (Wildman–Crippen MR) is 105 cm³/mol. The third-order valence-electron chi connectivity index (χ3n) is 8.49. The van der Waals surface area contributed by atoms with E-state index < -0.39 is 38.0 Å². The standard InChI is InChI=1S/C22H25F3O6S/c1-18-6-4-15-12-14-5-7-20(28-10-11-29-20)13-19(14)8-9-21(15,31-19)16(18)2-3-17(18)30-32(26,27)22(23,24)25/h3-4,12,16H,2,5-11,13H2,1H3/t16-,18?,19-,21-/m1/s1. The minimum absolute atomic E-state index is 0.133. The fourth-order valence-electron chi connectivity index (χ4n) is 6.97. The van der Waals surface area contributed by atoms with Crippen molar-refractivity contribution in [1.29, 1.82) is 0 Å². The lowest BCUT2D eigenvalue weighted by molar-refractivity contribution is -0.226. The van der Waals surface area contributed by atoms with Gasteiger partial charge in [0.1, 0.15) is 5.76 Å². The molecule has 3 fully saturated rings. The van der Waals surface area contributed by atoms with Crippen LogP contribution < -0.4 is 0 Å². The molecule has 3 heterocycles. The summed E-state index contributed by atoms with van der Waals surface area (Å²) in [6.45, 7) is 2.90. The molecule has 2 bridgehead atoms. The van der Waals surface area contributed by atoms with Gasteiger partial charge in [-0.15, -0.1) is 0 Å². The zero-order valence-electron chi connectivity index (χ0n) is 17.7. The van der Waals surface area contributed by atoms with Crippen molar-refractivity contribution < 1.29 is 40.0 Å². The molecular weight excluding hydrogens is 449 g/mol. The average molecular weight is 474 g/mol. The van der Waals surface area contributed by atoms with E-state index in [2.05, 4.69) is 10.3 Å². The molecule has 10 heteroatoms. The van der Waals surface area contributed by atoms with Gasteiger partial charge in [-0.3, -0.25) is 0 Å². The highest BCUT2D eigenvalue weighted by atomic mass is 32.2. The van der Waals surface area contributed by atoms with Gasteiger partial charge in [0.2, 0.25) is 0 Å². The SMILES string of the molecule is CC12CC=C3C=C4CCC5(C[C@]46CC[C@]3(O6)[C@@H]1CC=C2OS(=O)(=O)C(F)(F)F)OCCO5. The topological polar surface area (TPSA) is 71.1 Å². The van der Waals surface area contributed by atoms with E-state index in [4.69, 9.17) is 14.2 Å². The van der Waals surface area contributed by atoms with Crippen LogP contribution in [-0.4, -0.2) is 44.1 Å². The summed E-state index contributed by atoms with van der Waals surface area (Å²) < 4.78 is 85.9. The number of fused-ring (bicyclic) bond motifs is 1. The molecule has 1 saturated carbocycles. The van der Waals surface area contributed by atoms with Crippen molar-refractivity contribution in [3.05, 3.63) is 35.1 Å². The van der Waals surface area contributed by atoms with Gasteiger partial charge in [-0.25, -0.2) is 0 Å². The van der Waals surface area contributed by atoms with Crippen molar-refractivity contribution in [2.45, 2.75) is 74.4 Å². The van der Waals surface area contributed by atoms with E-state index >= 15 is 0 Å². The summed E-state index contributed by atoms with van der Waals surface area (Å²) in [4.78, 5) is 0. The molecule has 1 unspecified atom stereocenters. The second-order valence-electron chi connectivity index (χ2n) is 10.1. The monoisotopic (exact) mass is 474 g/mol. The van der Waals surface area contributed by atoms with Crippen molar-refractivity contribution >= 4 is 10.1 Å². The van der Waals surface area contributed by atoms with E-state index in [1.165, 1.54) is 11.6 Å². The predicted octanol–water partition coefficient (Wildman–Crippen LogP) is 4.25. The molecule has 6 aliphatic rings. The Bertz CT molecular complexity index is 1070. The number of hydrogen-bond donors (Lipinski definition) is 0. The highest BCUT2D eigenvalue weighted by Crippen LogP contribution is 2.67. The summed E-state index contributed by atoms with van der Waals surface area (Å²) in [6, 6.07) is 0. The molecule has 32 heavy (non-hydrogen) atoms. The Labute approximate surface area is 184 Å². The normalized spacial score (nSPS) is 42.0. The second kappa shape index (κ2) is 6.20. The van der Waals surface area contributed by atoms with Crippen LogP contribution in [0.15, 0.2) is 35.1 Å². The van der Waals surface area contributed by atoms with Crippen molar-refractivity contribution in [1.82, 2.24) is 0 Å². The van der Waals surface area contributed by atoms with Crippen LogP contribution in [0, 0.1) is 11.3 Å². The zero-order valence-corrected chi connectivity index (χ0v) is 18.5. The molecule has 0 aromatic carbocycles. The fraction of sp³-hybridized carbons (Fsp3) is 0.727. The van der Waals surface area contributed by atoms with Crippen LogP contribution in [0.5, 0.6) is 0 Å². The third kappa shape index (κ3) is 2.61. The van der Waals surface area contributed by atoms with Crippen molar-refractivity contribution in [3.8, 4) is 0 Å². The lowest BCUT2D eigenvalue weighted by atomic mass is 9.60. The van der Waals surface area contributed by atoms with Gasteiger partial charge in [-0.05, 0) is 49.3 Å². The number of hydrogen-bond acceptors (Lipinski definition) is 6. The van der Waals surface area contributed by atoms with Crippen LogP contribution >= 0.6 is 0 Å². The van der Waals surface area contributed by atoms with Crippen LogP contribution in [-0.2, 0) is 28.5 Å². The molecule has 3 spiro atoms. The number of alkyl halides is 3. The minimum Gasteiger partial charge on any atom is -0.380 e. The summed E-state index contributed by atoms with van der Waals surface area (Å²) in [5.74, 6) is -0.981. The van der Waals surface area contributed by atoms with Crippen LogP contribution in [0.3, 0.4) is 0 Å². The van der Waals surface area contributed by atoms with Crippen LogP contribution in [0.1, 0.15) is 51.9 Å². The van der Waals surface area contributed by atoms with Gasteiger partial charge in [0.15, 0.2) is 5.79 Å². The molecule has 0 aromatic heterocycles. The smallest absolute Gasteiger partial charge is 0.380 e. The maximum absolute atomic E-state index is 13.0. The molecule has 6 rings (SSSR count). The van der Waals surface area contributed by atoms with E-state index in [0.717, 1.165) is 24.8 Å². The molecule has 0 aromatic rings. The maximum atomic E-state index is 13.0. The molecule has 0 radical (unpaired) electrons. The molecule has 0 amide bonds. The Morgan fingerprint density at radius 1 is 1.12 bits per heavy atom. The van der Waals surface area contributed by atoms with Crippen molar-refractivity contribution in [2.24, 2.45) is 11.3 Å². The summed E-state index contributed by atoms with van der Waals surface area (Å²) in [5.41, 5.74) is -5.28. The van der Waals surface area contributed by atoms with Gasteiger partial charge in [-0.1, -0.05) is 19.1 Å². The number of rotatable bonds is 2. The van der Waals surface area contributed by atoms with Gasteiger partial charge < -0.3 is 18.4 Å². The lowest BCUT2D eigenvalue weighted by Crippen LogP contribution is -2.56. The third-order valence-corrected chi connectivity index (χ3v) is 9.45. The van der Waals surface area contributed by atoms with Gasteiger partial charge in [-0.2, -0.15) is 21.6 Å². The molecule has 6 nitrogen and oxygen atoms in total. The number of halogens is 3. The first-order valence-corrected chi connectivity index (χ1v) is 12.5. The lowest BCUT2D eigenvalue weighted by Gasteiger charge is -2.54. The number of allylic oxidation sites excluding steroid dienone is 3. The zero-order chi connectivity index (χ0) is 22.6. The van der Waals surface area contributed by atoms with Crippen molar-refractivity contribution in [2.75, 3.05) is 13.2 Å². The van der Waals surface area contributed by atoms with E-state index in [1.807, 2.05) is 6.08 Å². The van der Waals surface area contributed by atoms with Crippen LogP contribution in [0.25, 0.3) is 0 Å². The Kier molecular flexibility index (Phi) is 4.10. The number of ether oxygens (including phenoxy) is 3. The molecule has 3 aliphatic carbocycles. The van der Waals surface area contributed by atoms with Crippen LogP contribution in [0.2, 0.25) is 0 Å². The van der Waals surface area contributed by atoms with E-state index in [0.29, 0.717) is 38.9 Å². The highest BCUT2D eigenvalue weighted by Gasteiger charge is 2.68.